The van der Waals surface area contributed by atoms with Gasteiger partial charge in [-0.25, -0.2) is 0 Å². The quantitative estimate of drug-likeness (QED) is 0.551. The Hall–Kier alpha value is -4.05. The van der Waals surface area contributed by atoms with Crippen LogP contribution in [0.3, 0.4) is 0 Å². The van der Waals surface area contributed by atoms with Crippen molar-refractivity contribution in [3.63, 3.8) is 0 Å². The Morgan fingerprint density at radius 2 is 1.70 bits per heavy atom. The molecule has 0 saturated carbocycles. The summed E-state index contributed by atoms with van der Waals surface area (Å²) >= 11 is 0. The number of methoxy groups -OCH3 is 1. The van der Waals surface area contributed by atoms with Crippen LogP contribution in [0, 0.1) is 39.0 Å². The van der Waals surface area contributed by atoms with E-state index in [0.717, 1.165) is 21.3 Å². The molecule has 0 aliphatic carbocycles. The second kappa shape index (κ2) is 9.61. The highest BCUT2D eigenvalue weighted by Gasteiger charge is 2.24. The zero-order chi connectivity index (χ0) is 24.3. The van der Waals surface area contributed by atoms with Gasteiger partial charge in [0, 0.05) is 0 Å². The van der Waals surface area contributed by atoms with E-state index in [1.807, 2.05) is 39.0 Å². The van der Waals surface area contributed by atoms with Crippen molar-refractivity contribution in [2.24, 2.45) is 0 Å². The Labute approximate surface area is 192 Å². The number of pyridine rings is 1. The van der Waals surface area contributed by atoms with E-state index in [4.69, 9.17) is 9.47 Å². The molecule has 7 heteroatoms. The van der Waals surface area contributed by atoms with Crippen molar-refractivity contribution in [3.05, 3.63) is 85.7 Å². The van der Waals surface area contributed by atoms with Gasteiger partial charge in [0.1, 0.15) is 23.1 Å². The molecule has 3 aromatic rings. The molecule has 0 atom stereocenters. The molecule has 2 aromatic carbocycles. The summed E-state index contributed by atoms with van der Waals surface area (Å²) in [5.74, 6) is 0.229. The molecule has 0 fully saturated rings. The second-order valence-corrected chi connectivity index (χ2v) is 7.99. The second-order valence-electron chi connectivity index (χ2n) is 7.99. The number of carbonyl (C=O) groups excluding carboxylic acids is 1. The first-order chi connectivity index (χ1) is 15.7. The summed E-state index contributed by atoms with van der Waals surface area (Å²) in [7, 11) is 1.55. The van der Waals surface area contributed by atoms with Gasteiger partial charge in [-0.3, -0.25) is 14.2 Å². The molecule has 0 saturated heterocycles. The lowest BCUT2D eigenvalue weighted by Gasteiger charge is -2.17. The summed E-state index contributed by atoms with van der Waals surface area (Å²) in [4.78, 5) is 25.9. The van der Waals surface area contributed by atoms with Gasteiger partial charge >= 0.3 is 0 Å². The Balaban J connectivity index is 1.99. The number of hydrogen-bond acceptors (Lipinski definition) is 6. The number of aromatic nitrogens is 1. The molecule has 1 N–H and O–H groups in total. The van der Waals surface area contributed by atoms with Crippen LogP contribution in [0.15, 0.2) is 41.2 Å². The maximum atomic E-state index is 13.1. The Bertz CT molecular complexity index is 1290. The number of ketones is 1. The molecule has 1 heterocycles. The number of aryl methyl sites for hydroxylation is 3. The topological polar surface area (TPSA) is 102 Å². The zero-order valence-electron chi connectivity index (χ0n) is 19.4. The lowest BCUT2D eigenvalue weighted by Crippen LogP contribution is -2.28. The van der Waals surface area contributed by atoms with Crippen molar-refractivity contribution in [2.45, 2.75) is 34.2 Å². The third kappa shape index (κ3) is 4.75. The third-order valence-electron chi connectivity index (χ3n) is 5.53. The van der Waals surface area contributed by atoms with Gasteiger partial charge in [-0.15, -0.1) is 0 Å². The minimum absolute atomic E-state index is 0.0130. The van der Waals surface area contributed by atoms with Crippen LogP contribution in [0.2, 0.25) is 0 Å². The first-order valence-corrected chi connectivity index (χ1v) is 10.4. The number of benzene rings is 2. The van der Waals surface area contributed by atoms with E-state index >= 15 is 0 Å². The zero-order valence-corrected chi connectivity index (χ0v) is 19.4. The summed E-state index contributed by atoms with van der Waals surface area (Å²) < 4.78 is 12.0. The fourth-order valence-corrected chi connectivity index (χ4v) is 3.95. The number of aromatic hydroxyl groups is 1. The molecule has 3 rings (SSSR count). The highest BCUT2D eigenvalue weighted by Crippen LogP contribution is 2.27. The van der Waals surface area contributed by atoms with E-state index in [1.165, 1.54) is 6.92 Å². The van der Waals surface area contributed by atoms with E-state index in [2.05, 4.69) is 0 Å². The number of nitriles is 1. The molecule has 0 unspecified atom stereocenters. The van der Waals surface area contributed by atoms with Gasteiger partial charge in [0.25, 0.3) is 5.56 Å². The normalized spacial score (nSPS) is 10.5. The summed E-state index contributed by atoms with van der Waals surface area (Å²) in [5, 5.41) is 20.5. The Kier molecular flexibility index (Phi) is 6.88. The SMILES string of the molecule is COc1ccc(Cn2c(O)c(C(=O)COc3c(C)cc(C)cc3C)c(C)c(C#N)c2=O)cc1. The molecule has 0 radical (unpaired) electrons. The molecule has 0 spiro atoms. The van der Waals surface area contributed by atoms with Crippen LogP contribution in [0.5, 0.6) is 17.4 Å². The minimum atomic E-state index is -0.661. The van der Waals surface area contributed by atoms with Crippen molar-refractivity contribution < 1.29 is 19.4 Å². The van der Waals surface area contributed by atoms with Gasteiger partial charge in [-0.2, -0.15) is 5.26 Å². The summed E-state index contributed by atoms with van der Waals surface area (Å²) in [6.07, 6.45) is 0. The summed E-state index contributed by atoms with van der Waals surface area (Å²) in [5.41, 5.74) is 2.76. The maximum absolute atomic E-state index is 13.1. The van der Waals surface area contributed by atoms with Crippen LogP contribution in [0.25, 0.3) is 0 Å². The molecule has 0 aliphatic rings. The van der Waals surface area contributed by atoms with Gasteiger partial charge in [0.05, 0.1) is 19.2 Å². The molecule has 0 bridgehead atoms. The average molecular weight is 447 g/mol. The minimum Gasteiger partial charge on any atom is -0.497 e. The molecular formula is C26H26N2O5. The van der Waals surface area contributed by atoms with Gasteiger partial charge in [0.2, 0.25) is 11.7 Å². The van der Waals surface area contributed by atoms with E-state index in [-0.39, 0.29) is 29.8 Å². The van der Waals surface area contributed by atoms with Gasteiger partial charge in [0.15, 0.2) is 6.61 Å². The lowest BCUT2D eigenvalue weighted by molar-refractivity contribution is 0.0915. The molecule has 170 valence electrons. The smallest absolute Gasteiger partial charge is 0.271 e. The highest BCUT2D eigenvalue weighted by atomic mass is 16.5. The number of ether oxygens (including phenoxy) is 2. The molecule has 0 amide bonds. The van der Waals surface area contributed by atoms with Crippen LogP contribution in [0.1, 0.15) is 43.7 Å². The van der Waals surface area contributed by atoms with Crippen molar-refractivity contribution in [3.8, 4) is 23.4 Å². The molecule has 7 nitrogen and oxygen atoms in total. The third-order valence-corrected chi connectivity index (χ3v) is 5.53. The van der Waals surface area contributed by atoms with Crippen LogP contribution in [-0.4, -0.2) is 29.2 Å². The van der Waals surface area contributed by atoms with Gasteiger partial charge < -0.3 is 14.6 Å². The average Bonchev–Trinajstić information content (AvgIpc) is 2.76. The van der Waals surface area contributed by atoms with E-state index in [1.54, 1.807) is 31.4 Å². The monoisotopic (exact) mass is 446 g/mol. The molecule has 1 aromatic heterocycles. The van der Waals surface area contributed by atoms with Crippen LogP contribution in [-0.2, 0) is 6.54 Å². The summed E-state index contributed by atoms with van der Waals surface area (Å²) in [6.45, 7) is 6.89. The maximum Gasteiger partial charge on any atom is 0.271 e. The number of hydrogen-bond donors (Lipinski definition) is 1. The van der Waals surface area contributed by atoms with Crippen molar-refractivity contribution >= 4 is 5.78 Å². The van der Waals surface area contributed by atoms with Crippen molar-refractivity contribution in [2.75, 3.05) is 13.7 Å². The van der Waals surface area contributed by atoms with Crippen LogP contribution < -0.4 is 15.0 Å². The first kappa shape index (κ1) is 23.6. The predicted molar refractivity (Wildman–Crippen MR) is 124 cm³/mol. The van der Waals surface area contributed by atoms with E-state index in [0.29, 0.717) is 17.1 Å². The largest absolute Gasteiger partial charge is 0.497 e. The van der Waals surface area contributed by atoms with Gasteiger partial charge in [-0.05, 0) is 62.1 Å². The Morgan fingerprint density at radius 3 is 2.24 bits per heavy atom. The number of carbonyl (C=O) groups is 1. The number of nitrogens with zero attached hydrogens (tertiary/aromatic N) is 2. The fraction of sp³-hybridized carbons (Fsp3) is 0.269. The highest BCUT2D eigenvalue weighted by molar-refractivity contribution is 6.01. The predicted octanol–water partition coefficient (Wildman–Crippen LogP) is 3.98. The molecule has 0 aliphatic heterocycles. The summed E-state index contributed by atoms with van der Waals surface area (Å²) in [6, 6.07) is 12.7. The standard InChI is InChI=1S/C26H26N2O5/c1-15-10-16(2)24(17(3)11-15)33-14-22(29)23-18(4)21(12-27)25(30)28(26(23)31)13-19-6-8-20(32-5)9-7-19/h6-11,31H,13-14H2,1-5H3. The molecular weight excluding hydrogens is 420 g/mol. The molecule has 33 heavy (non-hydrogen) atoms. The van der Waals surface area contributed by atoms with Crippen molar-refractivity contribution in [1.29, 1.82) is 5.26 Å². The fourth-order valence-electron chi connectivity index (χ4n) is 3.95. The van der Waals surface area contributed by atoms with Crippen LogP contribution in [0.4, 0.5) is 0 Å². The number of Topliss-reactive ketones (excluding diaryl/α,β-unsaturated/α-hetero) is 1. The van der Waals surface area contributed by atoms with Gasteiger partial charge in [-0.1, -0.05) is 29.8 Å². The van der Waals surface area contributed by atoms with Crippen molar-refractivity contribution in [1.82, 2.24) is 4.57 Å². The van der Waals surface area contributed by atoms with E-state index in [9.17, 15) is 20.0 Å². The Morgan fingerprint density at radius 1 is 1.09 bits per heavy atom. The number of rotatable bonds is 7. The van der Waals surface area contributed by atoms with E-state index < -0.39 is 17.2 Å². The lowest BCUT2D eigenvalue weighted by atomic mass is 10.0. The first-order valence-electron chi connectivity index (χ1n) is 10.4. The van der Waals surface area contributed by atoms with Crippen LogP contribution >= 0.6 is 0 Å².